The number of hydrogen-bond acceptors (Lipinski definition) is 2. The Kier molecular flexibility index (Phi) is 6.14. The van der Waals surface area contributed by atoms with Crippen LogP contribution >= 0.6 is 0 Å². The van der Waals surface area contributed by atoms with Crippen LogP contribution in [0.1, 0.15) is 38.2 Å². The van der Waals surface area contributed by atoms with Gasteiger partial charge in [-0.05, 0) is 37.6 Å². The minimum Gasteiger partial charge on any atom is -0.494 e. The molecule has 0 aliphatic rings. The van der Waals surface area contributed by atoms with Crippen molar-refractivity contribution in [1.82, 2.24) is 0 Å². The highest BCUT2D eigenvalue weighted by Crippen LogP contribution is 2.22. The Hall–Kier alpha value is -1.96. The third-order valence-corrected chi connectivity index (χ3v) is 3.44. The third kappa shape index (κ3) is 5.50. The van der Waals surface area contributed by atoms with Crippen molar-refractivity contribution in [3.8, 4) is 5.75 Å². The maximum absolute atomic E-state index is 5.81. The van der Waals surface area contributed by atoms with Crippen molar-refractivity contribution in [2.45, 2.75) is 39.5 Å². The topological polar surface area (TPSA) is 21.3 Å². The Morgan fingerprint density at radius 1 is 0.905 bits per heavy atom. The molecule has 2 rings (SSSR count). The van der Waals surface area contributed by atoms with Crippen LogP contribution in [0.2, 0.25) is 0 Å². The highest BCUT2D eigenvalue weighted by Gasteiger charge is 1.98. The molecule has 21 heavy (non-hydrogen) atoms. The van der Waals surface area contributed by atoms with Gasteiger partial charge in [0.1, 0.15) is 5.75 Å². The van der Waals surface area contributed by atoms with Gasteiger partial charge in [0.05, 0.1) is 6.61 Å². The molecule has 0 aliphatic heterocycles. The van der Waals surface area contributed by atoms with E-state index < -0.39 is 0 Å². The van der Waals surface area contributed by atoms with Crippen LogP contribution in [0.3, 0.4) is 0 Å². The summed E-state index contributed by atoms with van der Waals surface area (Å²) < 4.78 is 5.81. The van der Waals surface area contributed by atoms with Crippen molar-refractivity contribution in [3.05, 3.63) is 54.1 Å². The van der Waals surface area contributed by atoms with E-state index in [-0.39, 0.29) is 0 Å². The SMILES string of the molecule is CCCCCCOc1cccc(Nc2ccc(C)cc2)c1. The number of aryl methyl sites for hydroxylation is 1. The van der Waals surface area contributed by atoms with Gasteiger partial charge in [0.2, 0.25) is 0 Å². The van der Waals surface area contributed by atoms with Gasteiger partial charge < -0.3 is 10.1 Å². The summed E-state index contributed by atoms with van der Waals surface area (Å²) in [5.41, 5.74) is 3.43. The van der Waals surface area contributed by atoms with Gasteiger partial charge in [-0.3, -0.25) is 0 Å². The van der Waals surface area contributed by atoms with Crippen molar-refractivity contribution in [1.29, 1.82) is 0 Å². The summed E-state index contributed by atoms with van der Waals surface area (Å²) in [7, 11) is 0. The Morgan fingerprint density at radius 2 is 1.71 bits per heavy atom. The van der Waals surface area contributed by atoms with Crippen molar-refractivity contribution in [2.75, 3.05) is 11.9 Å². The predicted octanol–water partition coefficient (Wildman–Crippen LogP) is 5.70. The lowest BCUT2D eigenvalue weighted by Gasteiger charge is -2.10. The molecule has 0 atom stereocenters. The molecular weight excluding hydrogens is 258 g/mol. The first-order chi connectivity index (χ1) is 10.3. The van der Waals surface area contributed by atoms with Gasteiger partial charge in [-0.1, -0.05) is 49.9 Å². The molecule has 2 heteroatoms. The minimum absolute atomic E-state index is 0.800. The molecule has 0 spiro atoms. The van der Waals surface area contributed by atoms with Crippen molar-refractivity contribution < 1.29 is 4.74 Å². The van der Waals surface area contributed by atoms with Crippen LogP contribution in [-0.4, -0.2) is 6.61 Å². The first-order valence-corrected chi connectivity index (χ1v) is 7.84. The molecule has 0 bridgehead atoms. The zero-order valence-corrected chi connectivity index (χ0v) is 13.1. The smallest absolute Gasteiger partial charge is 0.121 e. The van der Waals surface area contributed by atoms with Gasteiger partial charge in [-0.25, -0.2) is 0 Å². The second-order valence-corrected chi connectivity index (χ2v) is 5.43. The number of ether oxygens (including phenoxy) is 1. The van der Waals surface area contributed by atoms with E-state index in [1.807, 2.05) is 12.1 Å². The van der Waals surface area contributed by atoms with Crippen LogP contribution in [-0.2, 0) is 0 Å². The molecule has 0 heterocycles. The average molecular weight is 283 g/mol. The van der Waals surface area contributed by atoms with E-state index in [1.165, 1.54) is 24.8 Å². The zero-order valence-electron chi connectivity index (χ0n) is 13.1. The maximum Gasteiger partial charge on any atom is 0.121 e. The summed E-state index contributed by atoms with van der Waals surface area (Å²) >= 11 is 0. The first-order valence-electron chi connectivity index (χ1n) is 7.84. The molecule has 0 aromatic heterocycles. The van der Waals surface area contributed by atoms with E-state index in [2.05, 4.69) is 55.6 Å². The van der Waals surface area contributed by atoms with Crippen LogP contribution in [0.4, 0.5) is 11.4 Å². The summed E-state index contributed by atoms with van der Waals surface area (Å²) in [6.07, 6.45) is 4.93. The van der Waals surface area contributed by atoms with E-state index >= 15 is 0 Å². The molecule has 0 fully saturated rings. The monoisotopic (exact) mass is 283 g/mol. The van der Waals surface area contributed by atoms with Gasteiger partial charge in [0.15, 0.2) is 0 Å². The Morgan fingerprint density at radius 3 is 2.48 bits per heavy atom. The number of benzene rings is 2. The van der Waals surface area contributed by atoms with Crippen LogP contribution in [0.5, 0.6) is 5.75 Å². The molecule has 0 unspecified atom stereocenters. The van der Waals surface area contributed by atoms with Crippen LogP contribution in [0.15, 0.2) is 48.5 Å². The van der Waals surface area contributed by atoms with Gasteiger partial charge in [-0.2, -0.15) is 0 Å². The highest BCUT2D eigenvalue weighted by molar-refractivity contribution is 5.61. The Balaban J connectivity index is 1.87. The van der Waals surface area contributed by atoms with E-state index in [0.717, 1.165) is 30.2 Å². The number of hydrogen-bond donors (Lipinski definition) is 1. The molecule has 2 nitrogen and oxygen atoms in total. The van der Waals surface area contributed by atoms with Crippen LogP contribution in [0, 0.1) is 6.92 Å². The number of unbranched alkanes of at least 4 members (excludes halogenated alkanes) is 3. The molecule has 2 aromatic rings. The Bertz CT molecular complexity index is 534. The van der Waals surface area contributed by atoms with Gasteiger partial charge in [0.25, 0.3) is 0 Å². The van der Waals surface area contributed by atoms with E-state index in [1.54, 1.807) is 0 Å². The standard InChI is InChI=1S/C19H25NO/c1-3-4-5-6-14-21-19-9-7-8-18(15-19)20-17-12-10-16(2)11-13-17/h7-13,15,20H,3-6,14H2,1-2H3. The van der Waals surface area contributed by atoms with E-state index in [4.69, 9.17) is 4.74 Å². The van der Waals surface area contributed by atoms with Crippen molar-refractivity contribution in [3.63, 3.8) is 0 Å². The zero-order chi connectivity index (χ0) is 14.9. The predicted molar refractivity (Wildman–Crippen MR) is 90.5 cm³/mol. The van der Waals surface area contributed by atoms with E-state index in [9.17, 15) is 0 Å². The number of nitrogens with one attached hydrogen (secondary N) is 1. The molecule has 2 aromatic carbocycles. The molecule has 0 aliphatic carbocycles. The number of rotatable bonds is 8. The second-order valence-electron chi connectivity index (χ2n) is 5.43. The molecular formula is C19H25NO. The van der Waals surface area contributed by atoms with Crippen molar-refractivity contribution in [2.24, 2.45) is 0 Å². The quantitative estimate of drug-likeness (QED) is 0.628. The minimum atomic E-state index is 0.800. The fourth-order valence-corrected chi connectivity index (χ4v) is 2.19. The van der Waals surface area contributed by atoms with Gasteiger partial charge in [-0.15, -0.1) is 0 Å². The summed E-state index contributed by atoms with van der Waals surface area (Å²) in [5, 5.41) is 3.40. The fraction of sp³-hybridized carbons (Fsp3) is 0.368. The summed E-state index contributed by atoms with van der Waals surface area (Å²) in [6.45, 7) is 5.12. The van der Waals surface area contributed by atoms with Crippen molar-refractivity contribution >= 4 is 11.4 Å². The Labute approximate surface area is 128 Å². The molecule has 112 valence electrons. The van der Waals surface area contributed by atoms with Crippen LogP contribution < -0.4 is 10.1 Å². The maximum atomic E-state index is 5.81. The normalized spacial score (nSPS) is 10.4. The first kappa shape index (κ1) is 15.4. The fourth-order valence-electron chi connectivity index (χ4n) is 2.19. The van der Waals surface area contributed by atoms with Crippen LogP contribution in [0.25, 0.3) is 0 Å². The largest absolute Gasteiger partial charge is 0.494 e. The second kappa shape index (κ2) is 8.35. The average Bonchev–Trinajstić information content (AvgIpc) is 2.50. The van der Waals surface area contributed by atoms with Gasteiger partial charge in [0, 0.05) is 17.4 Å². The summed E-state index contributed by atoms with van der Waals surface area (Å²) in [6, 6.07) is 16.6. The highest BCUT2D eigenvalue weighted by atomic mass is 16.5. The molecule has 0 radical (unpaired) electrons. The summed E-state index contributed by atoms with van der Waals surface area (Å²) in [4.78, 5) is 0. The molecule has 0 saturated heterocycles. The lowest BCUT2D eigenvalue weighted by atomic mass is 10.2. The lowest BCUT2D eigenvalue weighted by Crippen LogP contribution is -1.98. The molecule has 0 saturated carbocycles. The number of anilines is 2. The van der Waals surface area contributed by atoms with E-state index in [0.29, 0.717) is 0 Å². The third-order valence-electron chi connectivity index (χ3n) is 3.44. The molecule has 0 amide bonds. The van der Waals surface area contributed by atoms with Gasteiger partial charge >= 0.3 is 0 Å². The summed E-state index contributed by atoms with van der Waals surface area (Å²) in [5.74, 6) is 0.934. The lowest BCUT2D eigenvalue weighted by molar-refractivity contribution is 0.305. The molecule has 1 N–H and O–H groups in total.